The molecule has 0 saturated carbocycles. The van der Waals surface area contributed by atoms with Crippen molar-refractivity contribution in [3.63, 3.8) is 0 Å². The topological polar surface area (TPSA) is 128 Å². The molecule has 0 bridgehead atoms. The van der Waals surface area contributed by atoms with Gasteiger partial charge >= 0.3 is 0 Å². The molecule has 2 aromatic rings. The second-order valence-electron chi connectivity index (χ2n) is 5.16. The number of nitriles is 1. The summed E-state index contributed by atoms with van der Waals surface area (Å²) in [7, 11) is 0. The van der Waals surface area contributed by atoms with Crippen molar-refractivity contribution < 1.29 is 28.6 Å². The molecule has 0 fully saturated rings. The Morgan fingerprint density at radius 1 is 1.41 bits per heavy atom. The SMILES string of the molecule is N#Cc1ccc(Nc2c(C(=O)NOCC(O)CO)cc(Br)c(F)c2F)cn1. The molecule has 1 heterocycles. The zero-order chi connectivity index (χ0) is 20.0. The minimum absolute atomic E-state index is 0.122. The maximum Gasteiger partial charge on any atom is 0.277 e. The van der Waals surface area contributed by atoms with E-state index >= 15 is 0 Å². The van der Waals surface area contributed by atoms with Crippen molar-refractivity contribution in [1.29, 1.82) is 5.26 Å². The largest absolute Gasteiger partial charge is 0.394 e. The molecule has 0 saturated heterocycles. The number of benzene rings is 1. The van der Waals surface area contributed by atoms with Crippen LogP contribution >= 0.6 is 15.9 Å². The van der Waals surface area contributed by atoms with Gasteiger partial charge in [0.25, 0.3) is 5.91 Å². The number of anilines is 2. The lowest BCUT2D eigenvalue weighted by Crippen LogP contribution is -2.30. The summed E-state index contributed by atoms with van der Waals surface area (Å²) in [6.45, 7) is -0.986. The van der Waals surface area contributed by atoms with E-state index in [0.29, 0.717) is 0 Å². The van der Waals surface area contributed by atoms with Crippen LogP contribution in [0.2, 0.25) is 0 Å². The monoisotopic (exact) mass is 442 g/mol. The van der Waals surface area contributed by atoms with Crippen LogP contribution in [-0.2, 0) is 4.84 Å². The van der Waals surface area contributed by atoms with Crippen LogP contribution in [-0.4, -0.2) is 40.4 Å². The van der Waals surface area contributed by atoms with Crippen LogP contribution in [0.1, 0.15) is 16.1 Å². The van der Waals surface area contributed by atoms with Gasteiger partial charge in [-0.1, -0.05) is 0 Å². The van der Waals surface area contributed by atoms with E-state index in [1.54, 1.807) is 0 Å². The molecule has 11 heteroatoms. The van der Waals surface area contributed by atoms with E-state index in [-0.39, 0.29) is 21.4 Å². The first kappa shape index (κ1) is 20.7. The fraction of sp³-hybridized carbons (Fsp3) is 0.188. The number of hydrogen-bond donors (Lipinski definition) is 4. The molecule has 0 radical (unpaired) electrons. The van der Waals surface area contributed by atoms with Gasteiger partial charge in [0.05, 0.1) is 34.2 Å². The third-order valence-electron chi connectivity index (χ3n) is 3.21. The van der Waals surface area contributed by atoms with Gasteiger partial charge in [-0.3, -0.25) is 9.63 Å². The van der Waals surface area contributed by atoms with Crippen LogP contribution in [0, 0.1) is 23.0 Å². The molecular formula is C16H13BrF2N4O4. The van der Waals surface area contributed by atoms with Gasteiger partial charge in [0.2, 0.25) is 0 Å². The Labute approximate surface area is 160 Å². The van der Waals surface area contributed by atoms with E-state index in [1.165, 1.54) is 18.3 Å². The van der Waals surface area contributed by atoms with Crippen molar-refractivity contribution >= 4 is 33.2 Å². The molecule has 1 aromatic carbocycles. The maximum absolute atomic E-state index is 14.4. The van der Waals surface area contributed by atoms with E-state index in [2.05, 4.69) is 26.2 Å². The lowest BCUT2D eigenvalue weighted by atomic mass is 10.1. The number of pyridine rings is 1. The Kier molecular flexibility index (Phi) is 7.14. The number of halogens is 3. The number of aliphatic hydroxyl groups is 2. The first-order valence-electron chi connectivity index (χ1n) is 7.39. The second-order valence-corrected chi connectivity index (χ2v) is 6.01. The predicted molar refractivity (Wildman–Crippen MR) is 92.8 cm³/mol. The lowest BCUT2D eigenvalue weighted by Gasteiger charge is -2.15. The van der Waals surface area contributed by atoms with Gasteiger partial charge in [-0.25, -0.2) is 19.2 Å². The molecule has 2 rings (SSSR count). The average Bonchev–Trinajstić information content (AvgIpc) is 2.68. The van der Waals surface area contributed by atoms with E-state index in [9.17, 15) is 18.7 Å². The Balaban J connectivity index is 2.30. The number of hydroxylamine groups is 1. The number of nitrogens with one attached hydrogen (secondary N) is 2. The first-order chi connectivity index (χ1) is 12.9. The molecule has 1 aromatic heterocycles. The summed E-state index contributed by atoms with van der Waals surface area (Å²) in [5, 5.41) is 29.1. The summed E-state index contributed by atoms with van der Waals surface area (Å²) in [5.74, 6) is -3.47. The summed E-state index contributed by atoms with van der Waals surface area (Å²) in [6.07, 6.45) is -0.00223. The van der Waals surface area contributed by atoms with Gasteiger partial charge in [0.15, 0.2) is 11.6 Å². The summed E-state index contributed by atoms with van der Waals surface area (Å²) in [5.41, 5.74) is 1.51. The molecular weight excluding hydrogens is 430 g/mol. The molecule has 4 N–H and O–H groups in total. The van der Waals surface area contributed by atoms with Crippen molar-refractivity contribution in [3.8, 4) is 6.07 Å². The summed E-state index contributed by atoms with van der Waals surface area (Å²) in [6, 6.07) is 5.61. The van der Waals surface area contributed by atoms with Crippen molar-refractivity contribution in [3.05, 3.63) is 51.8 Å². The van der Waals surface area contributed by atoms with Gasteiger partial charge in [0, 0.05) is 0 Å². The first-order valence-corrected chi connectivity index (χ1v) is 8.18. The highest BCUT2D eigenvalue weighted by atomic mass is 79.9. The number of rotatable bonds is 7. The van der Waals surface area contributed by atoms with Crippen molar-refractivity contribution in [2.75, 3.05) is 18.5 Å². The minimum atomic E-state index is -1.32. The summed E-state index contributed by atoms with van der Waals surface area (Å²) in [4.78, 5) is 20.8. The molecule has 1 atom stereocenters. The molecule has 8 nitrogen and oxygen atoms in total. The highest BCUT2D eigenvalue weighted by molar-refractivity contribution is 9.10. The zero-order valence-corrected chi connectivity index (χ0v) is 15.1. The quantitative estimate of drug-likeness (QED) is 0.379. The predicted octanol–water partition coefficient (Wildman–Crippen LogP) is 1.75. The van der Waals surface area contributed by atoms with Crippen LogP contribution in [0.3, 0.4) is 0 Å². The van der Waals surface area contributed by atoms with E-state index in [4.69, 9.17) is 15.2 Å². The van der Waals surface area contributed by atoms with Crippen LogP contribution in [0.15, 0.2) is 28.9 Å². The van der Waals surface area contributed by atoms with E-state index in [1.807, 2.05) is 11.5 Å². The number of carbonyl (C=O) groups is 1. The van der Waals surface area contributed by atoms with Crippen LogP contribution in [0.4, 0.5) is 20.2 Å². The molecule has 0 aliphatic carbocycles. The number of amides is 1. The summed E-state index contributed by atoms with van der Waals surface area (Å²) < 4.78 is 28.0. The number of carbonyl (C=O) groups excluding carboxylic acids is 1. The summed E-state index contributed by atoms with van der Waals surface area (Å²) >= 11 is 2.82. The molecule has 0 aliphatic heterocycles. The van der Waals surface area contributed by atoms with Gasteiger partial charge in [-0.15, -0.1) is 0 Å². The molecule has 0 aliphatic rings. The van der Waals surface area contributed by atoms with Crippen LogP contribution in [0.5, 0.6) is 0 Å². The van der Waals surface area contributed by atoms with E-state index in [0.717, 1.165) is 6.07 Å². The van der Waals surface area contributed by atoms with Gasteiger partial charge < -0.3 is 15.5 Å². The third kappa shape index (κ3) is 5.18. The molecule has 0 spiro atoms. The van der Waals surface area contributed by atoms with Crippen LogP contribution < -0.4 is 10.8 Å². The van der Waals surface area contributed by atoms with Gasteiger partial charge in [-0.2, -0.15) is 5.26 Å². The number of hydrogen-bond acceptors (Lipinski definition) is 7. The average molecular weight is 443 g/mol. The molecule has 27 heavy (non-hydrogen) atoms. The highest BCUT2D eigenvalue weighted by Gasteiger charge is 2.22. The van der Waals surface area contributed by atoms with Gasteiger partial charge in [-0.05, 0) is 34.1 Å². The third-order valence-corrected chi connectivity index (χ3v) is 3.78. The standard InChI is InChI=1S/C16H13BrF2N4O4/c17-12-3-11(16(26)23-27-7-10(25)6-24)15(14(19)13(12)18)22-9-2-1-8(4-20)21-5-9/h1-3,5,10,22,24-25H,6-7H2,(H,23,26). The smallest absolute Gasteiger partial charge is 0.277 e. The lowest BCUT2D eigenvalue weighted by molar-refractivity contribution is -0.0295. The number of nitrogens with zero attached hydrogens (tertiary/aromatic N) is 2. The van der Waals surface area contributed by atoms with Crippen molar-refractivity contribution in [2.45, 2.75) is 6.10 Å². The zero-order valence-electron chi connectivity index (χ0n) is 13.5. The Bertz CT molecular complexity index is 874. The number of aromatic nitrogens is 1. The molecule has 142 valence electrons. The maximum atomic E-state index is 14.4. The number of aliphatic hydroxyl groups excluding tert-OH is 2. The van der Waals surface area contributed by atoms with Gasteiger partial charge in [0.1, 0.15) is 24.5 Å². The normalized spacial score (nSPS) is 11.6. The Hall–Kier alpha value is -2.65. The second kappa shape index (κ2) is 9.33. The van der Waals surface area contributed by atoms with E-state index < -0.39 is 42.5 Å². The van der Waals surface area contributed by atoms with Crippen molar-refractivity contribution in [1.82, 2.24) is 10.5 Å². The van der Waals surface area contributed by atoms with Crippen LogP contribution in [0.25, 0.3) is 0 Å². The fourth-order valence-corrected chi connectivity index (χ4v) is 2.29. The highest BCUT2D eigenvalue weighted by Crippen LogP contribution is 2.31. The fourth-order valence-electron chi connectivity index (χ4n) is 1.89. The Morgan fingerprint density at radius 3 is 2.74 bits per heavy atom. The Morgan fingerprint density at radius 2 is 2.15 bits per heavy atom. The molecule has 1 unspecified atom stereocenters. The molecule has 1 amide bonds. The minimum Gasteiger partial charge on any atom is -0.394 e. The van der Waals surface area contributed by atoms with Crippen molar-refractivity contribution in [2.24, 2.45) is 0 Å².